The van der Waals surface area contributed by atoms with Crippen molar-refractivity contribution in [3.8, 4) is 11.4 Å². The normalized spacial score (nSPS) is 11.1. The lowest BCUT2D eigenvalue weighted by Crippen LogP contribution is -2.27. The maximum atomic E-state index is 13.2. The Labute approximate surface area is 186 Å². The minimum Gasteiger partial charge on any atom is -0.326 e. The number of hydrogen-bond donors (Lipinski definition) is 1. The Bertz CT molecular complexity index is 1300. The molecule has 1 amide bonds. The van der Waals surface area contributed by atoms with Gasteiger partial charge in [0.15, 0.2) is 5.82 Å². The summed E-state index contributed by atoms with van der Waals surface area (Å²) in [4.78, 5) is 30.4. The zero-order chi connectivity index (χ0) is 22.7. The summed E-state index contributed by atoms with van der Waals surface area (Å²) >= 11 is 0. The third kappa shape index (κ3) is 4.19. The molecule has 0 aliphatic heterocycles. The van der Waals surface area contributed by atoms with Crippen LogP contribution in [0, 0.1) is 6.92 Å². The van der Waals surface area contributed by atoms with Gasteiger partial charge in [0.25, 0.3) is 5.56 Å². The summed E-state index contributed by atoms with van der Waals surface area (Å²) in [5.74, 6) is 0.896. The van der Waals surface area contributed by atoms with Crippen LogP contribution in [0.2, 0.25) is 0 Å². The molecule has 0 saturated heterocycles. The number of benzene rings is 2. The Balaban J connectivity index is 1.60. The number of nitrogens with zero attached hydrogens (tertiary/aromatic N) is 4. The van der Waals surface area contributed by atoms with Crippen molar-refractivity contribution in [2.45, 2.75) is 46.6 Å². The molecule has 32 heavy (non-hydrogen) atoms. The fourth-order valence-electron chi connectivity index (χ4n) is 3.87. The molecule has 164 valence electrons. The molecule has 2 aromatic heterocycles. The topological polar surface area (TPSA) is 81.3 Å². The molecule has 7 nitrogen and oxygen atoms in total. The number of rotatable bonds is 7. The van der Waals surface area contributed by atoms with Gasteiger partial charge in [0.2, 0.25) is 11.7 Å². The van der Waals surface area contributed by atoms with Gasteiger partial charge in [0, 0.05) is 35.5 Å². The van der Waals surface area contributed by atoms with E-state index in [0.717, 1.165) is 23.4 Å². The summed E-state index contributed by atoms with van der Waals surface area (Å²) in [6.07, 6.45) is 1.50. The minimum atomic E-state index is -0.225. The zero-order valence-electron chi connectivity index (χ0n) is 18.6. The van der Waals surface area contributed by atoms with E-state index >= 15 is 0 Å². The minimum absolute atomic E-state index is 0.125. The first kappa shape index (κ1) is 21.5. The van der Waals surface area contributed by atoms with Gasteiger partial charge in [-0.1, -0.05) is 49.4 Å². The average molecular weight is 430 g/mol. The number of fused-ring (bicyclic) bond motifs is 1. The lowest BCUT2D eigenvalue weighted by molar-refractivity contribution is -0.116. The van der Waals surface area contributed by atoms with Crippen LogP contribution in [0.25, 0.3) is 17.2 Å². The fraction of sp³-hybridized carbons (Fsp3) is 0.280. The molecule has 2 aromatic carbocycles. The summed E-state index contributed by atoms with van der Waals surface area (Å²) in [5.41, 5.74) is 4.00. The predicted octanol–water partition coefficient (Wildman–Crippen LogP) is 4.02. The standard InChI is InChI=1S/C25H27N5O2/c1-4-18-11-13-20(14-12-18)26-22(31)16-15-21-17(3)29(5-2)25-27-23(28-30(25)24(21)32)19-9-7-6-8-10-19/h6-14H,4-5,15-16H2,1-3H3,(H,26,31). The Hall–Kier alpha value is -3.74. The van der Waals surface area contributed by atoms with Crippen molar-refractivity contribution in [1.29, 1.82) is 0 Å². The Morgan fingerprint density at radius 2 is 1.75 bits per heavy atom. The van der Waals surface area contributed by atoms with Gasteiger partial charge in [0.1, 0.15) is 0 Å². The summed E-state index contributed by atoms with van der Waals surface area (Å²) in [6.45, 7) is 6.64. The highest BCUT2D eigenvalue weighted by Crippen LogP contribution is 2.17. The van der Waals surface area contributed by atoms with Crippen LogP contribution in [0.1, 0.15) is 37.1 Å². The van der Waals surface area contributed by atoms with Gasteiger partial charge in [-0.2, -0.15) is 9.50 Å². The molecule has 0 bridgehead atoms. The molecule has 0 radical (unpaired) electrons. The molecular formula is C25H27N5O2. The number of carbonyl (C=O) groups is 1. The molecule has 0 unspecified atom stereocenters. The SMILES string of the molecule is CCc1ccc(NC(=O)CCc2c(C)n(CC)c3nc(-c4ccccc4)nn3c2=O)cc1. The van der Waals surface area contributed by atoms with E-state index in [1.54, 1.807) is 0 Å². The molecule has 1 N–H and O–H groups in total. The van der Waals surface area contributed by atoms with E-state index in [0.29, 0.717) is 30.1 Å². The maximum absolute atomic E-state index is 13.2. The van der Waals surface area contributed by atoms with E-state index in [2.05, 4.69) is 22.3 Å². The van der Waals surface area contributed by atoms with Gasteiger partial charge in [-0.15, -0.1) is 5.10 Å². The second-order valence-electron chi connectivity index (χ2n) is 7.73. The smallest absolute Gasteiger partial charge is 0.279 e. The second kappa shape index (κ2) is 9.18. The van der Waals surface area contributed by atoms with Crippen molar-refractivity contribution in [2.24, 2.45) is 0 Å². The van der Waals surface area contributed by atoms with Crippen LogP contribution in [0.4, 0.5) is 5.69 Å². The molecule has 0 atom stereocenters. The van der Waals surface area contributed by atoms with E-state index < -0.39 is 0 Å². The summed E-state index contributed by atoms with van der Waals surface area (Å²) in [5, 5.41) is 7.39. The Kier molecular flexibility index (Phi) is 6.16. The molecule has 0 aliphatic carbocycles. The Morgan fingerprint density at radius 1 is 1.03 bits per heavy atom. The molecule has 0 saturated carbocycles. The van der Waals surface area contributed by atoms with Crippen LogP contribution in [0.15, 0.2) is 59.4 Å². The van der Waals surface area contributed by atoms with Gasteiger partial charge in [-0.3, -0.25) is 9.59 Å². The summed E-state index contributed by atoms with van der Waals surface area (Å²) in [6, 6.07) is 17.4. The number of amides is 1. The van der Waals surface area contributed by atoms with E-state index in [-0.39, 0.29) is 17.9 Å². The van der Waals surface area contributed by atoms with Crippen LogP contribution in [0.3, 0.4) is 0 Å². The number of anilines is 1. The van der Waals surface area contributed by atoms with Crippen LogP contribution in [0.5, 0.6) is 0 Å². The van der Waals surface area contributed by atoms with Crippen molar-refractivity contribution < 1.29 is 4.79 Å². The van der Waals surface area contributed by atoms with Gasteiger partial charge in [-0.05, 0) is 44.4 Å². The third-order valence-electron chi connectivity index (χ3n) is 5.72. The van der Waals surface area contributed by atoms with Crippen LogP contribution >= 0.6 is 0 Å². The molecule has 0 spiro atoms. The highest BCUT2D eigenvalue weighted by Gasteiger charge is 2.18. The van der Waals surface area contributed by atoms with Crippen molar-refractivity contribution in [2.75, 3.05) is 5.32 Å². The molecule has 7 heteroatoms. The number of nitrogens with one attached hydrogen (secondary N) is 1. The fourth-order valence-corrected chi connectivity index (χ4v) is 3.87. The molecule has 0 aliphatic rings. The number of hydrogen-bond acceptors (Lipinski definition) is 4. The van der Waals surface area contributed by atoms with E-state index in [1.807, 2.05) is 73.0 Å². The zero-order valence-corrected chi connectivity index (χ0v) is 18.6. The van der Waals surface area contributed by atoms with Crippen LogP contribution in [-0.2, 0) is 24.2 Å². The molecular weight excluding hydrogens is 402 g/mol. The number of aryl methyl sites for hydroxylation is 2. The van der Waals surface area contributed by atoms with Crippen molar-refractivity contribution >= 4 is 17.4 Å². The van der Waals surface area contributed by atoms with E-state index in [4.69, 9.17) is 0 Å². The average Bonchev–Trinajstić information content (AvgIpc) is 3.26. The van der Waals surface area contributed by atoms with Gasteiger partial charge in [-0.25, -0.2) is 0 Å². The Morgan fingerprint density at radius 3 is 2.41 bits per heavy atom. The van der Waals surface area contributed by atoms with Gasteiger partial charge < -0.3 is 9.88 Å². The number of aromatic nitrogens is 4. The first-order chi connectivity index (χ1) is 15.5. The predicted molar refractivity (Wildman–Crippen MR) is 126 cm³/mol. The summed E-state index contributed by atoms with van der Waals surface area (Å²) in [7, 11) is 0. The molecule has 4 aromatic rings. The van der Waals surface area contributed by atoms with Crippen molar-refractivity contribution in [3.63, 3.8) is 0 Å². The second-order valence-corrected chi connectivity index (χ2v) is 7.73. The summed E-state index contributed by atoms with van der Waals surface area (Å²) < 4.78 is 3.33. The van der Waals surface area contributed by atoms with Crippen molar-refractivity contribution in [1.82, 2.24) is 19.2 Å². The lowest BCUT2D eigenvalue weighted by atomic mass is 10.1. The quantitative estimate of drug-likeness (QED) is 0.481. The first-order valence-corrected chi connectivity index (χ1v) is 10.9. The number of carbonyl (C=O) groups excluding carboxylic acids is 1. The van der Waals surface area contributed by atoms with Gasteiger partial charge in [0.05, 0.1) is 0 Å². The molecule has 4 rings (SSSR count). The maximum Gasteiger partial charge on any atom is 0.279 e. The van der Waals surface area contributed by atoms with E-state index in [9.17, 15) is 9.59 Å². The van der Waals surface area contributed by atoms with Crippen molar-refractivity contribution in [3.05, 3.63) is 81.8 Å². The van der Waals surface area contributed by atoms with E-state index in [1.165, 1.54) is 10.1 Å². The van der Waals surface area contributed by atoms with Gasteiger partial charge >= 0.3 is 0 Å². The highest BCUT2D eigenvalue weighted by molar-refractivity contribution is 5.90. The highest BCUT2D eigenvalue weighted by atomic mass is 16.1. The monoisotopic (exact) mass is 429 g/mol. The first-order valence-electron chi connectivity index (χ1n) is 10.9. The molecule has 0 fully saturated rings. The molecule has 2 heterocycles. The van der Waals surface area contributed by atoms with Crippen LogP contribution < -0.4 is 10.9 Å². The third-order valence-corrected chi connectivity index (χ3v) is 5.72. The van der Waals surface area contributed by atoms with Crippen LogP contribution in [-0.4, -0.2) is 25.1 Å². The lowest BCUT2D eigenvalue weighted by Gasteiger charge is -2.13. The largest absolute Gasteiger partial charge is 0.326 e.